The zero-order valence-corrected chi connectivity index (χ0v) is 9.19. The first kappa shape index (κ1) is 11.6. The number of ketones is 1. The highest BCUT2D eigenvalue weighted by molar-refractivity contribution is 5.93. The number of hydrogen-bond acceptors (Lipinski definition) is 4. The summed E-state index contributed by atoms with van der Waals surface area (Å²) in [6.07, 6.45) is 3.66. The van der Waals surface area contributed by atoms with Crippen LogP contribution in [0.3, 0.4) is 0 Å². The van der Waals surface area contributed by atoms with E-state index in [1.54, 1.807) is 12.1 Å². The molecule has 0 saturated heterocycles. The van der Waals surface area contributed by atoms with Crippen molar-refractivity contribution < 1.29 is 9.53 Å². The lowest BCUT2D eigenvalue weighted by molar-refractivity contribution is 0.0973. The average molecular weight is 208 g/mol. The minimum absolute atomic E-state index is 0.0543. The zero-order valence-electron chi connectivity index (χ0n) is 9.19. The SMILES string of the molecule is CCCCCC(=O)c1ccc(OC)nn1. The minimum atomic E-state index is 0.0543. The number of hydrogen-bond donors (Lipinski definition) is 0. The van der Waals surface area contributed by atoms with Gasteiger partial charge in [0.15, 0.2) is 5.78 Å². The third-order valence-electron chi connectivity index (χ3n) is 2.14. The Balaban J connectivity index is 2.50. The summed E-state index contributed by atoms with van der Waals surface area (Å²) >= 11 is 0. The number of unbranched alkanes of at least 4 members (excludes halogenated alkanes) is 2. The molecule has 0 saturated carbocycles. The van der Waals surface area contributed by atoms with Crippen molar-refractivity contribution in [1.82, 2.24) is 10.2 Å². The van der Waals surface area contributed by atoms with E-state index in [1.165, 1.54) is 7.11 Å². The Kier molecular flexibility index (Phi) is 4.74. The number of rotatable bonds is 6. The van der Waals surface area contributed by atoms with Crippen LogP contribution < -0.4 is 4.74 Å². The first-order valence-electron chi connectivity index (χ1n) is 5.19. The van der Waals surface area contributed by atoms with E-state index < -0.39 is 0 Å². The van der Waals surface area contributed by atoms with E-state index in [-0.39, 0.29) is 5.78 Å². The Morgan fingerprint density at radius 1 is 1.33 bits per heavy atom. The molecule has 0 radical (unpaired) electrons. The number of methoxy groups -OCH3 is 1. The molecule has 0 atom stereocenters. The fourth-order valence-electron chi connectivity index (χ4n) is 1.24. The Morgan fingerprint density at radius 2 is 2.13 bits per heavy atom. The maximum absolute atomic E-state index is 11.6. The van der Waals surface area contributed by atoms with Crippen molar-refractivity contribution in [3.8, 4) is 5.88 Å². The van der Waals surface area contributed by atoms with Crippen LogP contribution in [0.25, 0.3) is 0 Å². The van der Waals surface area contributed by atoms with Gasteiger partial charge in [-0.05, 0) is 12.5 Å². The third-order valence-corrected chi connectivity index (χ3v) is 2.14. The predicted octanol–water partition coefficient (Wildman–Crippen LogP) is 2.25. The number of carbonyl (C=O) groups excluding carboxylic acids is 1. The maximum Gasteiger partial charge on any atom is 0.233 e. The average Bonchev–Trinajstić information content (AvgIpc) is 2.29. The van der Waals surface area contributed by atoms with Crippen LogP contribution in [0.5, 0.6) is 5.88 Å². The number of aromatic nitrogens is 2. The van der Waals surface area contributed by atoms with Crippen LogP contribution in [0.2, 0.25) is 0 Å². The molecule has 15 heavy (non-hydrogen) atoms. The highest BCUT2D eigenvalue weighted by Gasteiger charge is 2.07. The summed E-state index contributed by atoms with van der Waals surface area (Å²) in [6.45, 7) is 2.11. The predicted molar refractivity (Wildman–Crippen MR) is 57.1 cm³/mol. The van der Waals surface area contributed by atoms with Gasteiger partial charge in [-0.2, -0.15) is 0 Å². The van der Waals surface area contributed by atoms with Crippen molar-refractivity contribution in [3.63, 3.8) is 0 Å². The Hall–Kier alpha value is -1.45. The van der Waals surface area contributed by atoms with Gasteiger partial charge >= 0.3 is 0 Å². The quantitative estimate of drug-likeness (QED) is 0.531. The molecule has 1 heterocycles. The zero-order chi connectivity index (χ0) is 11.1. The second-order valence-electron chi connectivity index (χ2n) is 3.34. The van der Waals surface area contributed by atoms with Gasteiger partial charge in [0.1, 0.15) is 5.69 Å². The summed E-state index contributed by atoms with van der Waals surface area (Å²) in [5.74, 6) is 0.485. The van der Waals surface area contributed by atoms with Gasteiger partial charge in [-0.3, -0.25) is 4.79 Å². The van der Waals surface area contributed by atoms with E-state index in [2.05, 4.69) is 17.1 Å². The molecule has 0 bridgehead atoms. The van der Waals surface area contributed by atoms with Crippen molar-refractivity contribution in [1.29, 1.82) is 0 Å². The van der Waals surface area contributed by atoms with E-state index in [1.807, 2.05) is 0 Å². The van der Waals surface area contributed by atoms with Crippen molar-refractivity contribution in [2.24, 2.45) is 0 Å². The van der Waals surface area contributed by atoms with Gasteiger partial charge in [-0.25, -0.2) is 0 Å². The van der Waals surface area contributed by atoms with Crippen molar-refractivity contribution in [2.45, 2.75) is 32.6 Å². The number of ether oxygens (including phenoxy) is 1. The normalized spacial score (nSPS) is 10.0. The molecule has 0 spiro atoms. The van der Waals surface area contributed by atoms with Gasteiger partial charge < -0.3 is 4.74 Å². The van der Waals surface area contributed by atoms with Gasteiger partial charge in [-0.15, -0.1) is 10.2 Å². The molecule has 0 amide bonds. The van der Waals surface area contributed by atoms with Crippen LogP contribution in [0.15, 0.2) is 12.1 Å². The topological polar surface area (TPSA) is 52.1 Å². The minimum Gasteiger partial charge on any atom is -0.480 e. The summed E-state index contributed by atoms with van der Waals surface area (Å²) in [4.78, 5) is 11.6. The van der Waals surface area contributed by atoms with Crippen LogP contribution in [-0.4, -0.2) is 23.1 Å². The third kappa shape index (κ3) is 3.65. The Bertz CT molecular complexity index is 309. The molecule has 0 aliphatic rings. The largest absolute Gasteiger partial charge is 0.480 e. The molecule has 1 aromatic rings. The van der Waals surface area contributed by atoms with Crippen LogP contribution in [-0.2, 0) is 0 Å². The second-order valence-corrected chi connectivity index (χ2v) is 3.34. The molecule has 0 aromatic carbocycles. The first-order valence-corrected chi connectivity index (χ1v) is 5.19. The monoisotopic (exact) mass is 208 g/mol. The molecule has 0 aliphatic heterocycles. The van der Waals surface area contributed by atoms with Gasteiger partial charge in [-0.1, -0.05) is 19.8 Å². The summed E-state index contributed by atoms with van der Waals surface area (Å²) in [5.41, 5.74) is 0.423. The standard InChI is InChI=1S/C11H16N2O2/c1-3-4-5-6-10(14)9-7-8-11(15-2)13-12-9/h7-8H,3-6H2,1-2H3. The number of carbonyl (C=O) groups is 1. The molecule has 4 heteroatoms. The lowest BCUT2D eigenvalue weighted by Gasteiger charge is -2.00. The van der Waals surface area contributed by atoms with E-state index >= 15 is 0 Å². The number of nitrogens with zero attached hydrogens (tertiary/aromatic N) is 2. The van der Waals surface area contributed by atoms with Crippen LogP contribution in [0.4, 0.5) is 0 Å². The van der Waals surface area contributed by atoms with Crippen LogP contribution in [0.1, 0.15) is 43.1 Å². The van der Waals surface area contributed by atoms with Gasteiger partial charge in [0.25, 0.3) is 0 Å². The lowest BCUT2D eigenvalue weighted by Crippen LogP contribution is -2.04. The second kappa shape index (κ2) is 6.11. The van der Waals surface area contributed by atoms with Gasteiger partial charge in [0.2, 0.25) is 5.88 Å². The fourth-order valence-corrected chi connectivity index (χ4v) is 1.24. The molecular weight excluding hydrogens is 192 g/mol. The van der Waals surface area contributed by atoms with E-state index in [0.717, 1.165) is 19.3 Å². The molecule has 0 fully saturated rings. The molecule has 82 valence electrons. The van der Waals surface area contributed by atoms with Crippen molar-refractivity contribution in [2.75, 3.05) is 7.11 Å². The summed E-state index contributed by atoms with van der Waals surface area (Å²) in [6, 6.07) is 3.31. The molecule has 4 nitrogen and oxygen atoms in total. The molecular formula is C11H16N2O2. The highest BCUT2D eigenvalue weighted by atomic mass is 16.5. The van der Waals surface area contributed by atoms with Crippen molar-refractivity contribution in [3.05, 3.63) is 17.8 Å². The summed E-state index contributed by atoms with van der Waals surface area (Å²) in [5, 5.41) is 7.56. The van der Waals surface area contributed by atoms with Crippen LogP contribution >= 0.6 is 0 Å². The molecule has 1 aromatic heterocycles. The van der Waals surface area contributed by atoms with Crippen molar-refractivity contribution >= 4 is 5.78 Å². The lowest BCUT2D eigenvalue weighted by atomic mass is 10.1. The van der Waals surface area contributed by atoms with E-state index in [9.17, 15) is 4.79 Å². The van der Waals surface area contributed by atoms with Crippen LogP contribution in [0, 0.1) is 0 Å². The molecule has 0 N–H and O–H groups in total. The molecule has 0 aliphatic carbocycles. The van der Waals surface area contributed by atoms with E-state index in [4.69, 9.17) is 4.74 Å². The fraction of sp³-hybridized carbons (Fsp3) is 0.545. The highest BCUT2D eigenvalue weighted by Crippen LogP contribution is 2.08. The van der Waals surface area contributed by atoms with Gasteiger partial charge in [0.05, 0.1) is 7.11 Å². The summed E-state index contributed by atoms with van der Waals surface area (Å²) < 4.78 is 4.86. The Morgan fingerprint density at radius 3 is 2.67 bits per heavy atom. The Labute approximate surface area is 89.7 Å². The maximum atomic E-state index is 11.6. The summed E-state index contributed by atoms with van der Waals surface area (Å²) in [7, 11) is 1.52. The molecule has 1 rings (SSSR count). The number of Topliss-reactive ketones (excluding diaryl/α,β-unsaturated/α-hetero) is 1. The first-order chi connectivity index (χ1) is 7.27. The van der Waals surface area contributed by atoms with Gasteiger partial charge in [0, 0.05) is 12.5 Å². The smallest absolute Gasteiger partial charge is 0.233 e. The molecule has 0 unspecified atom stereocenters. The van der Waals surface area contributed by atoms with E-state index in [0.29, 0.717) is 18.0 Å².